The zero-order valence-electron chi connectivity index (χ0n) is 9.35. The molecule has 0 aliphatic heterocycles. The average Bonchev–Trinajstić information content (AvgIpc) is 2.35. The van der Waals surface area contributed by atoms with Crippen molar-refractivity contribution in [3.8, 4) is 0 Å². The van der Waals surface area contributed by atoms with E-state index in [0.29, 0.717) is 18.5 Å². The molecule has 6 N–H and O–H groups in total. The van der Waals surface area contributed by atoms with Gasteiger partial charge in [0.05, 0.1) is 6.10 Å². The molecule has 16 heavy (non-hydrogen) atoms. The van der Waals surface area contributed by atoms with Crippen molar-refractivity contribution >= 4 is 5.69 Å². The van der Waals surface area contributed by atoms with Crippen molar-refractivity contribution in [1.82, 2.24) is 5.32 Å². The summed E-state index contributed by atoms with van der Waals surface area (Å²) < 4.78 is 0. The summed E-state index contributed by atoms with van der Waals surface area (Å²) in [5.41, 5.74) is 3.95. The Kier molecular flexibility index (Phi) is 5.21. The highest BCUT2D eigenvalue weighted by molar-refractivity contribution is 5.43. The summed E-state index contributed by atoms with van der Waals surface area (Å²) in [5, 5.41) is 22.5. The van der Waals surface area contributed by atoms with Crippen LogP contribution in [0, 0.1) is 0 Å². The van der Waals surface area contributed by atoms with E-state index in [1.165, 1.54) is 0 Å². The van der Waals surface area contributed by atoms with Crippen LogP contribution < -0.4 is 16.6 Å². The van der Waals surface area contributed by atoms with Gasteiger partial charge in [-0.15, -0.1) is 0 Å². The van der Waals surface area contributed by atoms with E-state index in [1.54, 1.807) is 31.3 Å². The Morgan fingerprint density at radius 1 is 1.25 bits per heavy atom. The molecule has 0 radical (unpaired) electrons. The van der Waals surface area contributed by atoms with Crippen LogP contribution in [0.1, 0.15) is 18.1 Å². The minimum atomic E-state index is -0.861. The third-order valence-corrected chi connectivity index (χ3v) is 2.47. The molecule has 0 fully saturated rings. The zero-order valence-corrected chi connectivity index (χ0v) is 9.35. The van der Waals surface area contributed by atoms with E-state index in [9.17, 15) is 10.2 Å². The first-order valence-corrected chi connectivity index (χ1v) is 5.26. The van der Waals surface area contributed by atoms with Crippen LogP contribution in [0.5, 0.6) is 0 Å². The van der Waals surface area contributed by atoms with Gasteiger partial charge in [-0.25, -0.2) is 0 Å². The molecule has 0 saturated carbocycles. The molecule has 2 unspecified atom stereocenters. The lowest BCUT2D eigenvalue weighted by Gasteiger charge is -2.18. The van der Waals surface area contributed by atoms with Gasteiger partial charge in [-0.05, 0) is 37.7 Å². The van der Waals surface area contributed by atoms with Crippen molar-refractivity contribution in [2.24, 2.45) is 5.84 Å². The van der Waals surface area contributed by atoms with Crippen LogP contribution in [0.25, 0.3) is 0 Å². The second-order valence-electron chi connectivity index (χ2n) is 3.67. The Labute approximate surface area is 95.3 Å². The van der Waals surface area contributed by atoms with Crippen LogP contribution >= 0.6 is 0 Å². The summed E-state index contributed by atoms with van der Waals surface area (Å²) in [6, 6.07) is 6.98. The quantitative estimate of drug-likeness (QED) is 0.346. The fourth-order valence-electron chi connectivity index (χ4n) is 1.45. The third-order valence-electron chi connectivity index (χ3n) is 2.47. The summed E-state index contributed by atoms with van der Waals surface area (Å²) in [7, 11) is 1.81. The largest absolute Gasteiger partial charge is 0.390 e. The number of benzene rings is 1. The summed E-state index contributed by atoms with van der Waals surface area (Å²) in [5.74, 6) is 5.23. The average molecular weight is 225 g/mol. The van der Waals surface area contributed by atoms with Crippen LogP contribution in [-0.4, -0.2) is 29.9 Å². The molecule has 0 aliphatic rings. The van der Waals surface area contributed by atoms with E-state index < -0.39 is 12.2 Å². The molecular weight excluding hydrogens is 206 g/mol. The molecule has 0 saturated heterocycles. The van der Waals surface area contributed by atoms with E-state index in [1.807, 2.05) is 0 Å². The number of hydrogen-bond donors (Lipinski definition) is 5. The van der Waals surface area contributed by atoms with Crippen molar-refractivity contribution < 1.29 is 10.2 Å². The fraction of sp³-hybridized carbons (Fsp3) is 0.455. The normalized spacial score (nSPS) is 14.5. The molecule has 90 valence electrons. The van der Waals surface area contributed by atoms with Crippen molar-refractivity contribution in [3.05, 3.63) is 29.8 Å². The van der Waals surface area contributed by atoms with Crippen molar-refractivity contribution in [3.63, 3.8) is 0 Å². The molecule has 1 aromatic rings. The maximum atomic E-state index is 9.85. The minimum absolute atomic E-state index is 0.508. The number of rotatable bonds is 6. The third kappa shape index (κ3) is 3.46. The molecule has 0 aliphatic carbocycles. The number of aliphatic hydroxyl groups is 2. The summed E-state index contributed by atoms with van der Waals surface area (Å²) in [4.78, 5) is 0. The molecule has 0 bridgehead atoms. The van der Waals surface area contributed by atoms with Gasteiger partial charge < -0.3 is 21.0 Å². The second kappa shape index (κ2) is 6.44. The predicted molar refractivity (Wildman–Crippen MR) is 63.8 cm³/mol. The number of hydrazine groups is 1. The first-order chi connectivity index (χ1) is 7.69. The highest BCUT2D eigenvalue weighted by atomic mass is 16.3. The van der Waals surface area contributed by atoms with Crippen LogP contribution in [0.2, 0.25) is 0 Å². The van der Waals surface area contributed by atoms with Crippen LogP contribution in [0.4, 0.5) is 5.69 Å². The van der Waals surface area contributed by atoms with Crippen LogP contribution in [0.15, 0.2) is 24.3 Å². The number of hydrogen-bond acceptors (Lipinski definition) is 5. The Hall–Kier alpha value is -1.14. The molecule has 0 amide bonds. The topological polar surface area (TPSA) is 90.5 Å². The van der Waals surface area contributed by atoms with Gasteiger partial charge in [0, 0.05) is 5.69 Å². The lowest BCUT2D eigenvalue weighted by Crippen LogP contribution is -2.23. The molecular formula is C11H19N3O2. The first kappa shape index (κ1) is 12.9. The van der Waals surface area contributed by atoms with Gasteiger partial charge >= 0.3 is 0 Å². The van der Waals surface area contributed by atoms with Crippen molar-refractivity contribution in [2.45, 2.75) is 18.6 Å². The van der Waals surface area contributed by atoms with Gasteiger partial charge in [0.15, 0.2) is 0 Å². The van der Waals surface area contributed by atoms with Gasteiger partial charge in [0.2, 0.25) is 0 Å². The Morgan fingerprint density at radius 3 is 2.38 bits per heavy atom. The number of anilines is 1. The van der Waals surface area contributed by atoms with E-state index in [2.05, 4.69) is 10.7 Å². The molecule has 0 heterocycles. The van der Waals surface area contributed by atoms with Gasteiger partial charge in [-0.2, -0.15) is 0 Å². The number of aliphatic hydroxyl groups excluding tert-OH is 2. The minimum Gasteiger partial charge on any atom is -0.390 e. The highest BCUT2D eigenvalue weighted by Crippen LogP contribution is 2.20. The maximum absolute atomic E-state index is 9.85. The van der Waals surface area contributed by atoms with E-state index >= 15 is 0 Å². The predicted octanol–water partition coefficient (Wildman–Crippen LogP) is -0.0240. The second-order valence-corrected chi connectivity index (χ2v) is 3.67. The van der Waals surface area contributed by atoms with Gasteiger partial charge in [-0.1, -0.05) is 12.1 Å². The molecule has 0 aromatic heterocycles. The number of nitrogens with two attached hydrogens (primary N) is 1. The standard InChI is InChI=1S/C11H19N3O2/c1-13-7-6-10(15)11(16)8-2-4-9(14-12)5-3-8/h2-5,10-11,13-16H,6-7,12H2,1H3. The molecule has 5 heteroatoms. The summed E-state index contributed by atoms with van der Waals surface area (Å²) in [6.07, 6.45) is -1.11. The lowest BCUT2D eigenvalue weighted by atomic mass is 10.0. The Balaban J connectivity index is 2.60. The van der Waals surface area contributed by atoms with Gasteiger partial charge in [-0.3, -0.25) is 5.84 Å². The summed E-state index contributed by atoms with van der Waals surface area (Å²) >= 11 is 0. The Bertz CT molecular complexity index is 303. The SMILES string of the molecule is CNCCC(O)C(O)c1ccc(NN)cc1. The van der Waals surface area contributed by atoms with Crippen molar-refractivity contribution in [2.75, 3.05) is 19.0 Å². The molecule has 0 spiro atoms. The molecule has 2 atom stereocenters. The smallest absolute Gasteiger partial charge is 0.105 e. The van der Waals surface area contributed by atoms with E-state index in [-0.39, 0.29) is 0 Å². The number of nitrogen functional groups attached to an aromatic ring is 1. The Morgan fingerprint density at radius 2 is 1.88 bits per heavy atom. The first-order valence-electron chi connectivity index (χ1n) is 5.26. The zero-order chi connectivity index (χ0) is 12.0. The van der Waals surface area contributed by atoms with E-state index in [4.69, 9.17) is 5.84 Å². The highest BCUT2D eigenvalue weighted by Gasteiger charge is 2.17. The van der Waals surface area contributed by atoms with Gasteiger partial charge in [0.25, 0.3) is 0 Å². The van der Waals surface area contributed by atoms with Crippen molar-refractivity contribution in [1.29, 1.82) is 0 Å². The fourth-order valence-corrected chi connectivity index (χ4v) is 1.45. The van der Waals surface area contributed by atoms with Gasteiger partial charge in [0.1, 0.15) is 6.10 Å². The lowest BCUT2D eigenvalue weighted by molar-refractivity contribution is 0.0140. The monoisotopic (exact) mass is 225 g/mol. The molecule has 1 aromatic carbocycles. The van der Waals surface area contributed by atoms with E-state index in [0.717, 1.165) is 5.69 Å². The molecule has 5 nitrogen and oxygen atoms in total. The number of nitrogens with one attached hydrogen (secondary N) is 2. The van der Waals surface area contributed by atoms with Crippen LogP contribution in [0.3, 0.4) is 0 Å². The summed E-state index contributed by atoms with van der Waals surface area (Å²) in [6.45, 7) is 0.667. The van der Waals surface area contributed by atoms with Crippen LogP contribution in [-0.2, 0) is 0 Å². The molecule has 1 rings (SSSR count). The maximum Gasteiger partial charge on any atom is 0.105 e.